The molecule has 0 spiro atoms. The summed E-state index contributed by atoms with van der Waals surface area (Å²) >= 11 is 0. The van der Waals surface area contributed by atoms with Crippen LogP contribution in [0.4, 0.5) is 0 Å². The summed E-state index contributed by atoms with van der Waals surface area (Å²) in [5, 5.41) is 1.32. The maximum atomic E-state index is 6.20. The summed E-state index contributed by atoms with van der Waals surface area (Å²) in [4.78, 5) is 0. The van der Waals surface area contributed by atoms with Crippen LogP contribution in [-0.4, -0.2) is 18.2 Å². The molecule has 1 saturated carbocycles. The number of benzene rings is 1. The van der Waals surface area contributed by atoms with Gasteiger partial charge in [0, 0.05) is 35.6 Å². The summed E-state index contributed by atoms with van der Waals surface area (Å²) in [6.07, 6.45) is 5.00. The second kappa shape index (κ2) is 4.81. The average molecular weight is 272 g/mol. The molecule has 0 unspecified atom stereocenters. The van der Waals surface area contributed by atoms with Crippen molar-refractivity contribution in [2.75, 3.05) is 13.7 Å². The molecule has 1 aromatic carbocycles. The third-order valence-electron chi connectivity index (χ3n) is 5.18. The van der Waals surface area contributed by atoms with Gasteiger partial charge in [-0.1, -0.05) is 12.8 Å². The second-order valence-electron chi connectivity index (χ2n) is 6.09. The van der Waals surface area contributed by atoms with Gasteiger partial charge in [-0.05, 0) is 43.5 Å². The molecule has 0 saturated heterocycles. The van der Waals surface area contributed by atoms with Crippen molar-refractivity contribution in [3.05, 3.63) is 29.5 Å². The van der Waals surface area contributed by atoms with Gasteiger partial charge in [-0.25, -0.2) is 0 Å². The van der Waals surface area contributed by atoms with Crippen LogP contribution in [0.25, 0.3) is 10.9 Å². The first-order valence-electron chi connectivity index (χ1n) is 7.46. The van der Waals surface area contributed by atoms with E-state index in [-0.39, 0.29) is 5.41 Å². The lowest BCUT2D eigenvalue weighted by Crippen LogP contribution is -2.32. The number of ether oxygens (including phenoxy) is 1. The first-order valence-corrected chi connectivity index (χ1v) is 7.46. The molecule has 2 aromatic rings. The summed E-state index contributed by atoms with van der Waals surface area (Å²) in [6.45, 7) is 2.96. The Hall–Kier alpha value is -1.48. The summed E-state index contributed by atoms with van der Waals surface area (Å²) in [5.41, 5.74) is 10.4. The molecule has 1 fully saturated rings. The van der Waals surface area contributed by atoms with Gasteiger partial charge in [-0.15, -0.1) is 0 Å². The fraction of sp³-hybridized carbons (Fsp3) is 0.529. The Balaban J connectivity index is 2.30. The molecule has 20 heavy (non-hydrogen) atoms. The number of methoxy groups -OCH3 is 1. The third kappa shape index (κ3) is 1.76. The van der Waals surface area contributed by atoms with E-state index in [1.807, 2.05) is 6.07 Å². The van der Waals surface area contributed by atoms with Crippen molar-refractivity contribution >= 4 is 10.9 Å². The lowest BCUT2D eigenvalue weighted by atomic mass is 9.77. The smallest absolute Gasteiger partial charge is 0.119 e. The zero-order valence-electron chi connectivity index (χ0n) is 12.7. The van der Waals surface area contributed by atoms with E-state index in [0.717, 1.165) is 12.3 Å². The van der Waals surface area contributed by atoms with E-state index in [0.29, 0.717) is 0 Å². The minimum atomic E-state index is 0.163. The van der Waals surface area contributed by atoms with E-state index < -0.39 is 0 Å². The molecule has 0 atom stereocenters. The lowest BCUT2D eigenvalue weighted by Gasteiger charge is -2.28. The molecule has 0 bridgehead atoms. The Kier molecular flexibility index (Phi) is 3.25. The second-order valence-corrected chi connectivity index (χ2v) is 6.09. The van der Waals surface area contributed by atoms with Crippen LogP contribution in [0.15, 0.2) is 18.2 Å². The minimum absolute atomic E-state index is 0.163. The van der Waals surface area contributed by atoms with E-state index >= 15 is 0 Å². The summed E-state index contributed by atoms with van der Waals surface area (Å²) in [5.74, 6) is 0.925. The monoisotopic (exact) mass is 272 g/mol. The van der Waals surface area contributed by atoms with Crippen LogP contribution in [0.1, 0.15) is 36.9 Å². The summed E-state index contributed by atoms with van der Waals surface area (Å²) in [6, 6.07) is 6.37. The van der Waals surface area contributed by atoms with Gasteiger partial charge >= 0.3 is 0 Å². The standard InChI is InChI=1S/C17H24N2O/c1-12-16(17(11-18)8-4-5-9-17)14-10-13(20-3)6-7-15(14)19(12)2/h6-7,10H,4-5,8-9,11,18H2,1-3H3. The molecule has 0 amide bonds. The fourth-order valence-corrected chi connectivity index (χ4v) is 3.96. The predicted molar refractivity (Wildman–Crippen MR) is 83.4 cm³/mol. The maximum Gasteiger partial charge on any atom is 0.119 e. The molecular formula is C17H24N2O. The molecule has 0 radical (unpaired) electrons. The third-order valence-corrected chi connectivity index (χ3v) is 5.18. The van der Waals surface area contributed by atoms with Crippen molar-refractivity contribution in [3.8, 4) is 5.75 Å². The van der Waals surface area contributed by atoms with Crippen LogP contribution in [0, 0.1) is 6.92 Å². The Bertz CT molecular complexity index is 636. The maximum absolute atomic E-state index is 6.20. The zero-order valence-corrected chi connectivity index (χ0v) is 12.7. The number of nitrogens with zero attached hydrogens (tertiary/aromatic N) is 1. The molecule has 1 aliphatic carbocycles. The largest absolute Gasteiger partial charge is 0.497 e. The zero-order chi connectivity index (χ0) is 14.3. The summed E-state index contributed by atoms with van der Waals surface area (Å²) in [7, 11) is 3.87. The van der Waals surface area contributed by atoms with E-state index in [9.17, 15) is 0 Å². The van der Waals surface area contributed by atoms with Gasteiger partial charge in [0.05, 0.1) is 7.11 Å². The van der Waals surface area contributed by atoms with Gasteiger partial charge in [0.25, 0.3) is 0 Å². The molecule has 1 aromatic heterocycles. The molecule has 3 rings (SSSR count). The number of rotatable bonds is 3. The number of hydrogen-bond acceptors (Lipinski definition) is 2. The molecule has 0 aliphatic heterocycles. The number of aryl methyl sites for hydroxylation is 1. The number of hydrogen-bond donors (Lipinski definition) is 1. The lowest BCUT2D eigenvalue weighted by molar-refractivity contribution is 0.415. The van der Waals surface area contributed by atoms with Crippen LogP contribution >= 0.6 is 0 Å². The first kappa shape index (κ1) is 13.5. The molecule has 3 nitrogen and oxygen atoms in total. The van der Waals surface area contributed by atoms with Gasteiger partial charge in [0.15, 0.2) is 0 Å². The van der Waals surface area contributed by atoms with Crippen molar-refractivity contribution in [3.63, 3.8) is 0 Å². The van der Waals surface area contributed by atoms with Crippen molar-refractivity contribution in [2.24, 2.45) is 12.8 Å². The predicted octanol–water partition coefficient (Wildman–Crippen LogP) is 3.27. The van der Waals surface area contributed by atoms with Crippen molar-refractivity contribution in [1.82, 2.24) is 4.57 Å². The first-order chi connectivity index (χ1) is 9.63. The highest BCUT2D eigenvalue weighted by atomic mass is 16.5. The quantitative estimate of drug-likeness (QED) is 0.931. The van der Waals surface area contributed by atoms with Gasteiger partial charge in [0.2, 0.25) is 0 Å². The molecule has 1 heterocycles. The van der Waals surface area contributed by atoms with E-state index in [4.69, 9.17) is 10.5 Å². The van der Waals surface area contributed by atoms with Gasteiger partial charge in [-0.3, -0.25) is 0 Å². The Labute approximate surface area is 120 Å². The number of fused-ring (bicyclic) bond motifs is 1. The molecular weight excluding hydrogens is 248 g/mol. The van der Waals surface area contributed by atoms with E-state index in [1.54, 1.807) is 7.11 Å². The van der Waals surface area contributed by atoms with Gasteiger partial charge in [0.1, 0.15) is 5.75 Å². The van der Waals surface area contributed by atoms with Crippen LogP contribution in [0.2, 0.25) is 0 Å². The molecule has 3 heteroatoms. The minimum Gasteiger partial charge on any atom is -0.497 e. The van der Waals surface area contributed by atoms with E-state index in [1.165, 1.54) is 47.8 Å². The van der Waals surface area contributed by atoms with Crippen molar-refractivity contribution in [1.29, 1.82) is 0 Å². The molecule has 2 N–H and O–H groups in total. The van der Waals surface area contributed by atoms with Crippen molar-refractivity contribution < 1.29 is 4.74 Å². The average Bonchev–Trinajstić information content (AvgIpc) is 3.04. The Morgan fingerprint density at radius 2 is 2.00 bits per heavy atom. The van der Waals surface area contributed by atoms with Crippen LogP contribution < -0.4 is 10.5 Å². The summed E-state index contributed by atoms with van der Waals surface area (Å²) < 4.78 is 7.71. The fourth-order valence-electron chi connectivity index (χ4n) is 3.96. The molecule has 1 aliphatic rings. The molecule has 108 valence electrons. The highest BCUT2D eigenvalue weighted by Crippen LogP contribution is 2.45. The highest BCUT2D eigenvalue weighted by Gasteiger charge is 2.38. The van der Waals surface area contributed by atoms with E-state index in [2.05, 4.69) is 30.7 Å². The number of nitrogens with two attached hydrogens (primary N) is 1. The van der Waals surface area contributed by atoms with Crippen LogP contribution in [-0.2, 0) is 12.5 Å². The van der Waals surface area contributed by atoms with Crippen LogP contribution in [0.3, 0.4) is 0 Å². The van der Waals surface area contributed by atoms with Crippen molar-refractivity contribution in [2.45, 2.75) is 38.0 Å². The van der Waals surface area contributed by atoms with Gasteiger partial charge in [-0.2, -0.15) is 0 Å². The Morgan fingerprint density at radius 1 is 1.30 bits per heavy atom. The van der Waals surface area contributed by atoms with Crippen LogP contribution in [0.5, 0.6) is 5.75 Å². The van der Waals surface area contributed by atoms with Gasteiger partial charge < -0.3 is 15.0 Å². The SMILES string of the molecule is COc1ccc2c(c1)c(C1(CN)CCCC1)c(C)n2C. The normalized spacial score (nSPS) is 17.8. The topological polar surface area (TPSA) is 40.2 Å². The number of aromatic nitrogens is 1. The Morgan fingerprint density at radius 3 is 2.60 bits per heavy atom. The highest BCUT2D eigenvalue weighted by molar-refractivity contribution is 5.88.